The summed E-state index contributed by atoms with van der Waals surface area (Å²) in [5, 5.41) is -0.630. The molecule has 0 N–H and O–H groups in total. The van der Waals surface area contributed by atoms with Gasteiger partial charge in [-0.2, -0.15) is 0 Å². The van der Waals surface area contributed by atoms with Gasteiger partial charge in [-0.15, -0.1) is 0 Å². The third-order valence-electron chi connectivity index (χ3n) is 5.60. The van der Waals surface area contributed by atoms with Gasteiger partial charge < -0.3 is 0 Å². The quantitative estimate of drug-likeness (QED) is 0.476. The summed E-state index contributed by atoms with van der Waals surface area (Å²) in [4.78, 5) is 0. The molecular formula is C22H21F5. The fourth-order valence-corrected chi connectivity index (χ4v) is 3.85. The highest BCUT2D eigenvalue weighted by atomic mass is 19.2. The van der Waals surface area contributed by atoms with Gasteiger partial charge >= 0.3 is 0 Å². The maximum Gasteiger partial charge on any atom is 0.170 e. The number of halogens is 5. The lowest BCUT2D eigenvalue weighted by Gasteiger charge is -2.27. The third-order valence-corrected chi connectivity index (χ3v) is 5.60. The third kappa shape index (κ3) is 3.52. The molecule has 0 aromatic heterocycles. The lowest BCUT2D eigenvalue weighted by atomic mass is 9.80. The van der Waals surface area contributed by atoms with Gasteiger partial charge in [0.2, 0.25) is 0 Å². The Morgan fingerprint density at radius 3 is 2.30 bits per heavy atom. The van der Waals surface area contributed by atoms with Gasteiger partial charge in [0.15, 0.2) is 17.5 Å². The Balaban J connectivity index is 2.06. The molecule has 0 aliphatic heterocycles. The van der Waals surface area contributed by atoms with E-state index in [9.17, 15) is 22.0 Å². The van der Waals surface area contributed by atoms with Crippen molar-refractivity contribution in [2.75, 3.05) is 0 Å². The highest BCUT2D eigenvalue weighted by Gasteiger charge is 2.28. The molecule has 5 heteroatoms. The Bertz CT molecular complexity index is 905. The Labute approximate surface area is 155 Å². The molecule has 2 aromatic rings. The lowest BCUT2D eigenvalue weighted by Crippen LogP contribution is -2.15. The normalized spacial score (nSPS) is 21.3. The minimum atomic E-state index is -1.59. The van der Waals surface area contributed by atoms with E-state index in [1.165, 1.54) is 18.2 Å². The molecular weight excluding hydrogens is 359 g/mol. The van der Waals surface area contributed by atoms with Crippen molar-refractivity contribution in [2.45, 2.75) is 39.0 Å². The second kappa shape index (κ2) is 7.83. The van der Waals surface area contributed by atoms with Crippen LogP contribution in [0.2, 0.25) is 0 Å². The average Bonchev–Trinajstić information content (AvgIpc) is 2.69. The van der Waals surface area contributed by atoms with E-state index in [0.717, 1.165) is 25.3 Å². The van der Waals surface area contributed by atoms with Crippen LogP contribution in [-0.2, 0) is 0 Å². The van der Waals surface area contributed by atoms with E-state index < -0.39 is 46.0 Å². The number of allylic oxidation sites excluding steroid dienone is 1. The van der Waals surface area contributed by atoms with Crippen LogP contribution in [0.4, 0.5) is 22.0 Å². The highest BCUT2D eigenvalue weighted by Crippen LogP contribution is 2.40. The molecule has 27 heavy (non-hydrogen) atoms. The van der Waals surface area contributed by atoms with Crippen LogP contribution in [0.1, 0.15) is 50.2 Å². The Kier molecular flexibility index (Phi) is 5.68. The maximum atomic E-state index is 14.7. The highest BCUT2D eigenvalue weighted by molar-refractivity contribution is 5.89. The van der Waals surface area contributed by atoms with E-state index in [1.54, 1.807) is 0 Å². The van der Waals surface area contributed by atoms with E-state index in [4.69, 9.17) is 0 Å². The molecule has 0 saturated heterocycles. The molecule has 0 heterocycles. The number of rotatable bonds is 4. The maximum absolute atomic E-state index is 14.7. The lowest BCUT2D eigenvalue weighted by molar-refractivity contribution is 0.268. The van der Waals surface area contributed by atoms with Crippen molar-refractivity contribution in [1.82, 2.24) is 0 Å². The molecule has 0 amide bonds. The van der Waals surface area contributed by atoms with Crippen molar-refractivity contribution in [3.63, 3.8) is 0 Å². The number of hydrogen-bond donors (Lipinski definition) is 0. The van der Waals surface area contributed by atoms with Crippen LogP contribution in [0, 0.1) is 29.3 Å². The molecule has 0 bridgehead atoms. The topological polar surface area (TPSA) is 0 Å². The predicted molar refractivity (Wildman–Crippen MR) is 98.8 cm³/mol. The van der Waals surface area contributed by atoms with Crippen molar-refractivity contribution in [2.24, 2.45) is 11.8 Å². The average molecular weight is 380 g/mol. The zero-order valence-electron chi connectivity index (χ0n) is 15.1. The van der Waals surface area contributed by atoms with Gasteiger partial charge in [-0.05, 0) is 43.1 Å². The van der Waals surface area contributed by atoms with Crippen LogP contribution in [0.3, 0.4) is 0 Å². The molecule has 3 rings (SSSR count). The summed E-state index contributed by atoms with van der Waals surface area (Å²) in [5.74, 6) is -6.68. The van der Waals surface area contributed by atoms with E-state index in [2.05, 4.69) is 13.5 Å². The first kappa shape index (κ1) is 19.6. The molecule has 2 aromatic carbocycles. The first-order valence-corrected chi connectivity index (χ1v) is 9.17. The van der Waals surface area contributed by atoms with Crippen molar-refractivity contribution < 1.29 is 22.0 Å². The molecule has 1 aliphatic carbocycles. The van der Waals surface area contributed by atoms with Gasteiger partial charge in [0.25, 0.3) is 0 Å². The van der Waals surface area contributed by atoms with Gasteiger partial charge in [-0.1, -0.05) is 38.1 Å². The van der Waals surface area contributed by atoms with E-state index >= 15 is 0 Å². The second-order valence-corrected chi connectivity index (χ2v) is 7.11. The molecule has 1 saturated carbocycles. The summed E-state index contributed by atoms with van der Waals surface area (Å²) < 4.78 is 72.5. The minimum Gasteiger partial charge on any atom is -0.208 e. The van der Waals surface area contributed by atoms with Crippen molar-refractivity contribution in [3.05, 3.63) is 59.2 Å². The largest absolute Gasteiger partial charge is 0.208 e. The fraction of sp³-hybridized carbons (Fsp3) is 0.364. The molecule has 1 aliphatic rings. The van der Waals surface area contributed by atoms with E-state index in [-0.39, 0.29) is 10.9 Å². The second-order valence-electron chi connectivity index (χ2n) is 7.11. The summed E-state index contributed by atoms with van der Waals surface area (Å²) in [6, 6.07) is 3.62. The van der Waals surface area contributed by atoms with Gasteiger partial charge in [-0.25, -0.2) is 22.0 Å². The smallest absolute Gasteiger partial charge is 0.170 e. The van der Waals surface area contributed by atoms with Crippen LogP contribution >= 0.6 is 0 Å². The van der Waals surface area contributed by atoms with Gasteiger partial charge in [0, 0.05) is 11.5 Å². The van der Waals surface area contributed by atoms with E-state index in [1.807, 2.05) is 0 Å². The monoisotopic (exact) mass is 380 g/mol. The zero-order chi connectivity index (χ0) is 19.7. The van der Waals surface area contributed by atoms with Gasteiger partial charge in [0.05, 0.1) is 10.9 Å². The van der Waals surface area contributed by atoms with Crippen LogP contribution < -0.4 is 0 Å². The standard InChI is InChI=1S/C22H21F5/c1-3-12-5-7-14(8-6-12)19(24)20(25)16-11-15-10-9-13(4-2)18(23)17(15)22(27)21(16)26/h4,9-12,14H,2-3,5-8H2,1H3. The molecule has 0 nitrogen and oxygen atoms in total. The summed E-state index contributed by atoms with van der Waals surface area (Å²) in [5.41, 5.74) is -0.802. The summed E-state index contributed by atoms with van der Waals surface area (Å²) in [6.45, 7) is 5.47. The summed E-state index contributed by atoms with van der Waals surface area (Å²) >= 11 is 0. The number of hydrogen-bond acceptors (Lipinski definition) is 0. The van der Waals surface area contributed by atoms with Crippen molar-refractivity contribution in [3.8, 4) is 0 Å². The number of fused-ring (bicyclic) bond motifs is 1. The molecule has 0 atom stereocenters. The van der Waals surface area contributed by atoms with Crippen LogP contribution in [0.25, 0.3) is 22.7 Å². The predicted octanol–water partition coefficient (Wildman–Crippen LogP) is 7.72. The van der Waals surface area contributed by atoms with Crippen LogP contribution in [-0.4, -0.2) is 0 Å². The molecule has 0 unspecified atom stereocenters. The fourth-order valence-electron chi connectivity index (χ4n) is 3.85. The zero-order valence-corrected chi connectivity index (χ0v) is 15.1. The Hall–Kier alpha value is -2.17. The van der Waals surface area contributed by atoms with Crippen LogP contribution in [0.15, 0.2) is 30.6 Å². The first-order valence-electron chi connectivity index (χ1n) is 9.17. The SMILES string of the molecule is C=Cc1ccc2cc(C(F)=C(F)C3CCC(CC)CC3)c(F)c(F)c2c1F. The number of benzene rings is 2. The Morgan fingerprint density at radius 1 is 1.04 bits per heavy atom. The van der Waals surface area contributed by atoms with Crippen molar-refractivity contribution >= 4 is 22.7 Å². The summed E-state index contributed by atoms with van der Waals surface area (Å²) in [6.07, 6.45) is 4.69. The van der Waals surface area contributed by atoms with Gasteiger partial charge in [-0.3, -0.25) is 0 Å². The van der Waals surface area contributed by atoms with E-state index in [0.29, 0.717) is 18.8 Å². The molecule has 1 fully saturated rings. The minimum absolute atomic E-state index is 0.00317. The van der Waals surface area contributed by atoms with Gasteiger partial charge in [0.1, 0.15) is 11.6 Å². The molecule has 144 valence electrons. The van der Waals surface area contributed by atoms with Crippen molar-refractivity contribution in [1.29, 1.82) is 0 Å². The molecule has 0 spiro atoms. The summed E-state index contributed by atoms with van der Waals surface area (Å²) in [7, 11) is 0. The van der Waals surface area contributed by atoms with Crippen LogP contribution in [0.5, 0.6) is 0 Å². The Morgan fingerprint density at radius 2 is 1.70 bits per heavy atom. The first-order chi connectivity index (χ1) is 12.9. The molecule has 0 radical (unpaired) electrons.